The third-order valence-electron chi connectivity index (χ3n) is 1.98. The molecule has 0 saturated carbocycles. The van der Waals surface area contributed by atoms with Crippen molar-refractivity contribution in [3.05, 3.63) is 52.8 Å². The van der Waals surface area contributed by atoms with E-state index in [4.69, 9.17) is 0 Å². The van der Waals surface area contributed by atoms with Gasteiger partial charge in [-0.3, -0.25) is 4.98 Å². The fourth-order valence-corrected chi connectivity index (χ4v) is 2.48. The van der Waals surface area contributed by atoms with Crippen molar-refractivity contribution in [3.63, 3.8) is 0 Å². The van der Waals surface area contributed by atoms with E-state index >= 15 is 0 Å². The molecule has 2 rings (SSSR count). The van der Waals surface area contributed by atoms with E-state index in [1.54, 1.807) is 18.0 Å². The van der Waals surface area contributed by atoms with Crippen LogP contribution < -0.4 is 0 Å². The molecule has 1 aromatic heterocycles. The smallest absolute Gasteiger partial charge is 0.0498 e. The first kappa shape index (κ1) is 10.7. The number of halogens is 1. The third kappa shape index (κ3) is 2.83. The lowest BCUT2D eigenvalue weighted by Gasteiger charge is -2.03. The zero-order valence-corrected chi connectivity index (χ0v) is 10.7. The van der Waals surface area contributed by atoms with Gasteiger partial charge in [0.2, 0.25) is 0 Å². The maximum atomic E-state index is 4.04. The van der Waals surface area contributed by atoms with Crippen molar-refractivity contribution < 1.29 is 0 Å². The maximum Gasteiger partial charge on any atom is 0.0498 e. The van der Waals surface area contributed by atoms with Crippen LogP contribution in [-0.4, -0.2) is 4.98 Å². The largest absolute Gasteiger partial charge is 0.263 e. The molecular weight excluding hydrogens is 270 g/mol. The quantitative estimate of drug-likeness (QED) is 0.813. The fourth-order valence-electron chi connectivity index (χ4n) is 1.18. The van der Waals surface area contributed by atoms with E-state index in [1.807, 2.05) is 12.3 Å². The van der Waals surface area contributed by atoms with Crippen molar-refractivity contribution in [2.24, 2.45) is 0 Å². The summed E-state index contributed by atoms with van der Waals surface area (Å²) in [6, 6.07) is 10.5. The van der Waals surface area contributed by atoms with Gasteiger partial charge in [-0.05, 0) is 41.1 Å². The summed E-state index contributed by atoms with van der Waals surface area (Å²) in [5.74, 6) is 0. The number of hydrogen-bond donors (Lipinski definition) is 0. The first-order valence-corrected chi connectivity index (χ1v) is 6.21. The third-order valence-corrected chi connectivity index (χ3v) is 3.96. The van der Waals surface area contributed by atoms with Gasteiger partial charge < -0.3 is 0 Å². The lowest BCUT2D eigenvalue weighted by molar-refractivity contribution is 1.23. The van der Waals surface area contributed by atoms with E-state index in [2.05, 4.69) is 52.1 Å². The zero-order valence-electron chi connectivity index (χ0n) is 8.27. The molecule has 0 atom stereocenters. The number of nitrogens with zero attached hydrogens (tertiary/aromatic N) is 1. The van der Waals surface area contributed by atoms with Crippen molar-refractivity contribution >= 4 is 27.7 Å². The van der Waals surface area contributed by atoms with Crippen LogP contribution in [0.4, 0.5) is 0 Å². The highest BCUT2D eigenvalue weighted by Crippen LogP contribution is 2.32. The minimum absolute atomic E-state index is 1.04. The Hall–Kier alpha value is -0.800. The Morgan fingerprint density at radius 3 is 2.53 bits per heavy atom. The topological polar surface area (TPSA) is 12.9 Å². The van der Waals surface area contributed by atoms with Gasteiger partial charge in [-0.25, -0.2) is 0 Å². The van der Waals surface area contributed by atoms with Crippen molar-refractivity contribution in [2.45, 2.75) is 16.7 Å². The predicted molar refractivity (Wildman–Crippen MR) is 67.2 cm³/mol. The predicted octanol–water partition coefficient (Wildman–Crippen LogP) is 4.30. The average Bonchev–Trinajstić information content (AvgIpc) is 2.25. The van der Waals surface area contributed by atoms with E-state index < -0.39 is 0 Å². The first-order valence-electron chi connectivity index (χ1n) is 4.60. The molecule has 76 valence electrons. The highest BCUT2D eigenvalue weighted by molar-refractivity contribution is 9.10. The Morgan fingerprint density at radius 2 is 1.87 bits per heavy atom. The molecule has 0 aliphatic carbocycles. The SMILES string of the molecule is Cc1ccc(Sc2ccncc2Br)cc1. The molecule has 15 heavy (non-hydrogen) atoms. The van der Waals surface area contributed by atoms with Gasteiger partial charge in [-0.2, -0.15) is 0 Å². The monoisotopic (exact) mass is 279 g/mol. The first-order chi connectivity index (χ1) is 7.25. The van der Waals surface area contributed by atoms with Crippen LogP contribution in [0.25, 0.3) is 0 Å². The van der Waals surface area contributed by atoms with E-state index in [1.165, 1.54) is 15.4 Å². The molecule has 0 amide bonds. The average molecular weight is 280 g/mol. The lowest BCUT2D eigenvalue weighted by Crippen LogP contribution is -1.78. The number of rotatable bonds is 2. The Labute approximate surface area is 102 Å². The summed E-state index contributed by atoms with van der Waals surface area (Å²) < 4.78 is 1.04. The van der Waals surface area contributed by atoms with Crippen molar-refractivity contribution in [2.75, 3.05) is 0 Å². The summed E-state index contributed by atoms with van der Waals surface area (Å²) in [4.78, 5) is 6.47. The van der Waals surface area contributed by atoms with Crippen molar-refractivity contribution in [3.8, 4) is 0 Å². The molecule has 0 unspecified atom stereocenters. The minimum Gasteiger partial charge on any atom is -0.263 e. The molecule has 0 aliphatic heterocycles. The number of benzene rings is 1. The highest BCUT2D eigenvalue weighted by Gasteiger charge is 2.01. The Kier molecular flexibility index (Phi) is 3.44. The van der Waals surface area contributed by atoms with E-state index in [-0.39, 0.29) is 0 Å². The molecule has 2 aromatic rings. The van der Waals surface area contributed by atoms with E-state index in [0.29, 0.717) is 0 Å². The van der Waals surface area contributed by atoms with Crippen LogP contribution in [-0.2, 0) is 0 Å². The summed E-state index contributed by atoms with van der Waals surface area (Å²) in [7, 11) is 0. The number of aryl methyl sites for hydroxylation is 1. The Morgan fingerprint density at radius 1 is 1.13 bits per heavy atom. The second-order valence-corrected chi connectivity index (χ2v) is 5.19. The molecule has 0 aliphatic rings. The maximum absolute atomic E-state index is 4.04. The molecule has 0 N–H and O–H groups in total. The Bertz CT molecular complexity index is 453. The fraction of sp³-hybridized carbons (Fsp3) is 0.0833. The lowest BCUT2D eigenvalue weighted by atomic mass is 10.2. The van der Waals surface area contributed by atoms with Gasteiger partial charge >= 0.3 is 0 Å². The normalized spacial score (nSPS) is 10.3. The van der Waals surface area contributed by atoms with Crippen LogP contribution in [0.15, 0.2) is 57.0 Å². The number of pyridine rings is 1. The number of aromatic nitrogens is 1. The van der Waals surface area contributed by atoms with Gasteiger partial charge in [0.15, 0.2) is 0 Å². The molecule has 0 radical (unpaired) electrons. The van der Waals surface area contributed by atoms with Crippen LogP contribution in [0, 0.1) is 6.92 Å². The van der Waals surface area contributed by atoms with Crippen LogP contribution in [0.5, 0.6) is 0 Å². The molecular formula is C12H10BrNS. The minimum atomic E-state index is 1.04. The van der Waals surface area contributed by atoms with Gasteiger partial charge in [0.1, 0.15) is 0 Å². The molecule has 1 heterocycles. The summed E-state index contributed by atoms with van der Waals surface area (Å²) >= 11 is 5.22. The summed E-state index contributed by atoms with van der Waals surface area (Å²) in [6.07, 6.45) is 3.62. The Balaban J connectivity index is 2.22. The van der Waals surface area contributed by atoms with Crippen LogP contribution in [0.1, 0.15) is 5.56 Å². The number of hydrogen-bond acceptors (Lipinski definition) is 2. The van der Waals surface area contributed by atoms with Gasteiger partial charge in [0.05, 0.1) is 0 Å². The van der Waals surface area contributed by atoms with Crippen LogP contribution >= 0.6 is 27.7 Å². The summed E-state index contributed by atoms with van der Waals surface area (Å²) in [5, 5.41) is 0. The van der Waals surface area contributed by atoms with Crippen molar-refractivity contribution in [1.29, 1.82) is 0 Å². The molecule has 0 spiro atoms. The van der Waals surface area contributed by atoms with Crippen molar-refractivity contribution in [1.82, 2.24) is 4.98 Å². The molecule has 1 nitrogen and oxygen atoms in total. The van der Waals surface area contributed by atoms with E-state index in [9.17, 15) is 0 Å². The zero-order chi connectivity index (χ0) is 10.7. The second kappa shape index (κ2) is 4.81. The molecule has 0 saturated heterocycles. The van der Waals surface area contributed by atoms with Crippen LogP contribution in [0.3, 0.4) is 0 Å². The highest BCUT2D eigenvalue weighted by atomic mass is 79.9. The summed E-state index contributed by atoms with van der Waals surface area (Å²) in [6.45, 7) is 2.09. The summed E-state index contributed by atoms with van der Waals surface area (Å²) in [5.41, 5.74) is 1.29. The molecule has 0 bridgehead atoms. The molecule has 0 fully saturated rings. The standard InChI is InChI=1S/C12H10BrNS/c1-9-2-4-10(5-3-9)15-12-6-7-14-8-11(12)13/h2-8H,1H3. The van der Waals surface area contributed by atoms with E-state index in [0.717, 1.165) is 4.47 Å². The molecule has 1 aromatic carbocycles. The van der Waals surface area contributed by atoms with Gasteiger partial charge in [-0.15, -0.1) is 0 Å². The van der Waals surface area contributed by atoms with Gasteiger partial charge in [0.25, 0.3) is 0 Å². The molecule has 3 heteroatoms. The second-order valence-electron chi connectivity index (χ2n) is 3.22. The van der Waals surface area contributed by atoms with Gasteiger partial charge in [-0.1, -0.05) is 29.5 Å². The van der Waals surface area contributed by atoms with Crippen LogP contribution in [0.2, 0.25) is 0 Å². The van der Waals surface area contributed by atoms with Gasteiger partial charge in [0, 0.05) is 26.7 Å².